The van der Waals surface area contributed by atoms with Gasteiger partial charge in [0.1, 0.15) is 5.69 Å². The molecule has 0 saturated carbocycles. The summed E-state index contributed by atoms with van der Waals surface area (Å²) in [6.45, 7) is 1.93. The molecule has 2 N–H and O–H groups in total. The minimum Gasteiger partial charge on any atom is -0.349 e. The minimum atomic E-state index is -0.258. The van der Waals surface area contributed by atoms with Crippen LogP contribution in [0.2, 0.25) is 5.02 Å². The molecule has 0 saturated heterocycles. The van der Waals surface area contributed by atoms with Crippen LogP contribution in [0.4, 0.5) is 5.69 Å². The molecule has 29 heavy (non-hydrogen) atoms. The maximum Gasteiger partial charge on any atom is 0.272 e. The van der Waals surface area contributed by atoms with Crippen molar-refractivity contribution >= 4 is 45.1 Å². The van der Waals surface area contributed by atoms with Crippen molar-refractivity contribution in [3.8, 4) is 5.69 Å². The van der Waals surface area contributed by atoms with Gasteiger partial charge in [0.2, 0.25) is 0 Å². The summed E-state index contributed by atoms with van der Waals surface area (Å²) in [5.74, 6) is -0.258. The van der Waals surface area contributed by atoms with Gasteiger partial charge in [-0.3, -0.25) is 4.79 Å². The van der Waals surface area contributed by atoms with Crippen molar-refractivity contribution in [1.82, 2.24) is 19.7 Å². The molecule has 0 bridgehead atoms. The Morgan fingerprint density at radius 2 is 1.93 bits per heavy atom. The highest BCUT2D eigenvalue weighted by molar-refractivity contribution is 6.35. The van der Waals surface area contributed by atoms with Crippen molar-refractivity contribution in [2.24, 2.45) is 0 Å². The highest BCUT2D eigenvalue weighted by Crippen LogP contribution is 2.25. The van der Waals surface area contributed by atoms with E-state index in [0.29, 0.717) is 16.4 Å². The first kappa shape index (κ1) is 17.5. The van der Waals surface area contributed by atoms with Gasteiger partial charge in [-0.05, 0) is 37.3 Å². The Balaban J connectivity index is 1.48. The molecule has 0 aliphatic rings. The molecule has 7 heteroatoms. The topological polar surface area (TPSA) is 75.6 Å². The lowest BCUT2D eigenvalue weighted by molar-refractivity contribution is 0.102. The second kappa shape index (κ2) is 6.76. The normalized spacial score (nSPS) is 11.2. The SMILES string of the molecule is Cc1nn(-c2ccccc2)c2ncc(NC(=O)c3cc4cccc(Cl)c4[nH]3)cc12. The van der Waals surface area contributed by atoms with Gasteiger partial charge in [-0.25, -0.2) is 9.67 Å². The first-order valence-corrected chi connectivity index (χ1v) is 9.47. The third-order valence-electron chi connectivity index (χ3n) is 4.82. The van der Waals surface area contributed by atoms with Crippen LogP contribution in [0.15, 0.2) is 66.9 Å². The molecule has 3 heterocycles. The standard InChI is InChI=1S/C22H16ClN5O/c1-13-17-11-15(12-24-21(17)28(27-13)16-7-3-2-4-8-16)25-22(29)19-10-14-6-5-9-18(23)20(14)26-19/h2-12,26H,1H3,(H,25,29). The Labute approximate surface area is 171 Å². The van der Waals surface area contributed by atoms with Crippen LogP contribution in [0.3, 0.4) is 0 Å². The number of pyridine rings is 1. The number of amides is 1. The number of aryl methyl sites for hydroxylation is 1. The molecular formula is C22H16ClN5O. The molecule has 2 aromatic carbocycles. The average molecular weight is 402 g/mol. The summed E-state index contributed by atoms with van der Waals surface area (Å²) in [5.41, 5.74) is 4.29. The zero-order valence-electron chi connectivity index (χ0n) is 15.5. The number of aromatic nitrogens is 4. The number of rotatable bonds is 3. The summed E-state index contributed by atoms with van der Waals surface area (Å²) in [4.78, 5) is 20.3. The van der Waals surface area contributed by atoms with Crippen LogP contribution in [0.5, 0.6) is 0 Å². The summed E-state index contributed by atoms with van der Waals surface area (Å²) < 4.78 is 1.80. The molecule has 0 aliphatic carbocycles. The number of benzene rings is 2. The smallest absolute Gasteiger partial charge is 0.272 e. The van der Waals surface area contributed by atoms with E-state index in [9.17, 15) is 4.79 Å². The Kier molecular flexibility index (Phi) is 4.07. The third-order valence-corrected chi connectivity index (χ3v) is 5.13. The van der Waals surface area contributed by atoms with E-state index in [0.717, 1.165) is 33.3 Å². The number of carbonyl (C=O) groups excluding carboxylic acids is 1. The van der Waals surface area contributed by atoms with Crippen LogP contribution in [0.1, 0.15) is 16.2 Å². The van der Waals surface area contributed by atoms with Crippen molar-refractivity contribution in [1.29, 1.82) is 0 Å². The first-order chi connectivity index (χ1) is 14.1. The van der Waals surface area contributed by atoms with Gasteiger partial charge < -0.3 is 10.3 Å². The van der Waals surface area contributed by atoms with E-state index in [1.165, 1.54) is 0 Å². The lowest BCUT2D eigenvalue weighted by Crippen LogP contribution is -2.12. The van der Waals surface area contributed by atoms with Crippen LogP contribution < -0.4 is 5.32 Å². The molecule has 142 valence electrons. The van der Waals surface area contributed by atoms with E-state index in [2.05, 4.69) is 20.4 Å². The third kappa shape index (κ3) is 3.03. The van der Waals surface area contributed by atoms with Crippen LogP contribution in [0, 0.1) is 6.92 Å². The van der Waals surface area contributed by atoms with E-state index in [4.69, 9.17) is 11.6 Å². The summed E-state index contributed by atoms with van der Waals surface area (Å²) >= 11 is 6.19. The maximum atomic E-state index is 12.7. The molecule has 0 aliphatic heterocycles. The van der Waals surface area contributed by atoms with Crippen LogP contribution in [-0.4, -0.2) is 25.7 Å². The maximum absolute atomic E-state index is 12.7. The number of hydrogen-bond donors (Lipinski definition) is 2. The number of anilines is 1. The Hall–Kier alpha value is -3.64. The van der Waals surface area contributed by atoms with Gasteiger partial charge in [-0.2, -0.15) is 5.10 Å². The van der Waals surface area contributed by atoms with Gasteiger partial charge in [0.15, 0.2) is 5.65 Å². The van der Waals surface area contributed by atoms with Crippen molar-refractivity contribution in [2.75, 3.05) is 5.32 Å². The monoisotopic (exact) mass is 401 g/mol. The molecule has 0 radical (unpaired) electrons. The predicted octanol–water partition coefficient (Wildman–Crippen LogP) is 5.12. The number of hydrogen-bond acceptors (Lipinski definition) is 3. The van der Waals surface area contributed by atoms with Crippen LogP contribution in [-0.2, 0) is 0 Å². The number of halogens is 1. The van der Waals surface area contributed by atoms with Gasteiger partial charge in [0, 0.05) is 10.8 Å². The molecule has 1 amide bonds. The van der Waals surface area contributed by atoms with Gasteiger partial charge in [-0.15, -0.1) is 0 Å². The van der Waals surface area contributed by atoms with Crippen LogP contribution >= 0.6 is 11.6 Å². The Bertz CT molecular complexity index is 1370. The number of para-hydroxylation sites is 2. The summed E-state index contributed by atoms with van der Waals surface area (Å²) in [5, 5.41) is 9.84. The van der Waals surface area contributed by atoms with Gasteiger partial charge in [0.05, 0.1) is 33.8 Å². The molecule has 5 rings (SSSR count). The molecule has 0 unspecified atom stereocenters. The molecule has 0 fully saturated rings. The van der Waals surface area contributed by atoms with Crippen molar-refractivity contribution in [3.05, 3.63) is 83.3 Å². The number of aromatic amines is 1. The highest BCUT2D eigenvalue weighted by atomic mass is 35.5. The number of nitrogens with zero attached hydrogens (tertiary/aromatic N) is 3. The van der Waals surface area contributed by atoms with E-state index < -0.39 is 0 Å². The second-order valence-electron chi connectivity index (χ2n) is 6.77. The Morgan fingerprint density at radius 3 is 2.72 bits per heavy atom. The number of H-pyrrole nitrogens is 1. The number of fused-ring (bicyclic) bond motifs is 2. The second-order valence-corrected chi connectivity index (χ2v) is 7.18. The van der Waals surface area contributed by atoms with Gasteiger partial charge in [0.25, 0.3) is 5.91 Å². The van der Waals surface area contributed by atoms with E-state index in [-0.39, 0.29) is 5.91 Å². The fourth-order valence-corrected chi connectivity index (χ4v) is 3.63. The quantitative estimate of drug-likeness (QED) is 0.440. The predicted molar refractivity (Wildman–Crippen MR) is 115 cm³/mol. The highest BCUT2D eigenvalue weighted by Gasteiger charge is 2.14. The minimum absolute atomic E-state index is 0.258. The largest absolute Gasteiger partial charge is 0.349 e. The zero-order valence-corrected chi connectivity index (χ0v) is 16.2. The molecular weight excluding hydrogens is 386 g/mol. The molecule has 5 aromatic rings. The summed E-state index contributed by atoms with van der Waals surface area (Å²) in [7, 11) is 0. The lowest BCUT2D eigenvalue weighted by Gasteiger charge is -2.05. The van der Waals surface area contributed by atoms with E-state index in [1.807, 2.05) is 55.5 Å². The molecule has 6 nitrogen and oxygen atoms in total. The molecule has 0 atom stereocenters. The van der Waals surface area contributed by atoms with E-state index in [1.54, 1.807) is 23.0 Å². The molecule has 0 spiro atoms. The van der Waals surface area contributed by atoms with Crippen molar-refractivity contribution in [3.63, 3.8) is 0 Å². The zero-order chi connectivity index (χ0) is 20.0. The first-order valence-electron chi connectivity index (χ1n) is 9.09. The fraction of sp³-hybridized carbons (Fsp3) is 0.0455. The van der Waals surface area contributed by atoms with Crippen molar-refractivity contribution < 1.29 is 4.79 Å². The summed E-state index contributed by atoms with van der Waals surface area (Å²) in [6, 6.07) is 19.0. The summed E-state index contributed by atoms with van der Waals surface area (Å²) in [6.07, 6.45) is 1.64. The molecule has 3 aromatic heterocycles. The average Bonchev–Trinajstić information content (AvgIpc) is 3.31. The van der Waals surface area contributed by atoms with E-state index >= 15 is 0 Å². The Morgan fingerprint density at radius 1 is 1.10 bits per heavy atom. The van der Waals surface area contributed by atoms with Gasteiger partial charge >= 0.3 is 0 Å². The fourth-order valence-electron chi connectivity index (χ4n) is 3.40. The van der Waals surface area contributed by atoms with Crippen molar-refractivity contribution in [2.45, 2.75) is 6.92 Å². The lowest BCUT2D eigenvalue weighted by atomic mass is 10.2. The number of nitrogens with one attached hydrogen (secondary N) is 2. The van der Waals surface area contributed by atoms with Crippen LogP contribution in [0.25, 0.3) is 27.6 Å². The number of carbonyl (C=O) groups is 1. The van der Waals surface area contributed by atoms with Gasteiger partial charge in [-0.1, -0.05) is 41.9 Å².